The summed E-state index contributed by atoms with van der Waals surface area (Å²) in [5.74, 6) is 0.220. The molecular weight excluding hydrogens is 348 g/mol. The highest BCUT2D eigenvalue weighted by Crippen LogP contribution is 2.27. The lowest BCUT2D eigenvalue weighted by molar-refractivity contribution is -0.145. The van der Waals surface area contributed by atoms with Gasteiger partial charge in [0.15, 0.2) is 6.61 Å². The zero-order valence-corrected chi connectivity index (χ0v) is 16.6. The van der Waals surface area contributed by atoms with E-state index in [1.54, 1.807) is 11.8 Å². The number of benzene rings is 1. The van der Waals surface area contributed by atoms with Crippen LogP contribution in [0.15, 0.2) is 24.3 Å². The third-order valence-electron chi connectivity index (χ3n) is 4.04. The number of nitrogens with one attached hydrogen (secondary N) is 1. The van der Waals surface area contributed by atoms with E-state index >= 15 is 0 Å². The van der Waals surface area contributed by atoms with Gasteiger partial charge in [0.25, 0.3) is 0 Å². The standard InChI is InChI=1S/C20H30N2O5/c1-5-25-18(23)14-26-17-9-7-6-8-16(17)21-15-10-12-22(13-11-15)19(24)27-20(2,3)4/h6-9,15,21H,5,10-14H2,1-4H3. The predicted octanol–water partition coefficient (Wildman–Crippen LogP) is 3.44. The summed E-state index contributed by atoms with van der Waals surface area (Å²) in [4.78, 5) is 25.4. The third kappa shape index (κ3) is 7.00. The van der Waals surface area contributed by atoms with E-state index in [0.29, 0.717) is 25.4 Å². The maximum atomic E-state index is 12.2. The van der Waals surface area contributed by atoms with E-state index in [0.717, 1.165) is 18.5 Å². The minimum Gasteiger partial charge on any atom is -0.480 e. The lowest BCUT2D eigenvalue weighted by Crippen LogP contribution is -2.44. The van der Waals surface area contributed by atoms with Gasteiger partial charge in [0.2, 0.25) is 0 Å². The number of nitrogens with zero attached hydrogens (tertiary/aromatic N) is 1. The normalized spacial score (nSPS) is 15.2. The maximum Gasteiger partial charge on any atom is 0.410 e. The van der Waals surface area contributed by atoms with Crippen LogP contribution in [0.2, 0.25) is 0 Å². The lowest BCUT2D eigenvalue weighted by atomic mass is 10.0. The molecule has 1 N–H and O–H groups in total. The van der Waals surface area contributed by atoms with Crippen LogP contribution < -0.4 is 10.1 Å². The number of amides is 1. The number of likely N-dealkylation sites (tertiary alicyclic amines) is 1. The second kappa shape index (κ2) is 9.48. The first kappa shape index (κ1) is 20.9. The van der Waals surface area contributed by atoms with Crippen molar-refractivity contribution < 1.29 is 23.8 Å². The van der Waals surface area contributed by atoms with Gasteiger partial charge in [0, 0.05) is 19.1 Å². The summed E-state index contributed by atoms with van der Waals surface area (Å²) in [5, 5.41) is 3.46. The van der Waals surface area contributed by atoms with Gasteiger partial charge in [-0.25, -0.2) is 9.59 Å². The van der Waals surface area contributed by atoms with Crippen molar-refractivity contribution in [1.29, 1.82) is 0 Å². The Morgan fingerprint density at radius 1 is 1.19 bits per heavy atom. The van der Waals surface area contributed by atoms with Gasteiger partial charge in [-0.15, -0.1) is 0 Å². The van der Waals surface area contributed by atoms with Crippen LogP contribution in [0, 0.1) is 0 Å². The molecule has 0 spiro atoms. The molecule has 0 aromatic heterocycles. The zero-order chi connectivity index (χ0) is 19.9. The van der Waals surface area contributed by atoms with Gasteiger partial charge in [-0.05, 0) is 52.7 Å². The van der Waals surface area contributed by atoms with Crippen LogP contribution in [-0.4, -0.2) is 54.9 Å². The van der Waals surface area contributed by atoms with E-state index < -0.39 is 11.6 Å². The van der Waals surface area contributed by atoms with Crippen LogP contribution in [0.4, 0.5) is 10.5 Å². The number of esters is 1. The Balaban J connectivity index is 1.86. The molecule has 7 heteroatoms. The summed E-state index contributed by atoms with van der Waals surface area (Å²) in [6.07, 6.45) is 1.36. The molecule has 2 rings (SSSR count). The molecule has 1 aromatic carbocycles. The van der Waals surface area contributed by atoms with E-state index in [1.807, 2.05) is 45.0 Å². The summed E-state index contributed by atoms with van der Waals surface area (Å²) < 4.78 is 15.9. The molecule has 0 aliphatic carbocycles. The number of hydrogen-bond donors (Lipinski definition) is 1. The van der Waals surface area contributed by atoms with Gasteiger partial charge in [0.1, 0.15) is 11.4 Å². The van der Waals surface area contributed by atoms with Gasteiger partial charge >= 0.3 is 12.1 Å². The first-order chi connectivity index (χ1) is 12.8. The summed E-state index contributed by atoms with van der Waals surface area (Å²) >= 11 is 0. The van der Waals surface area contributed by atoms with Crippen molar-refractivity contribution in [1.82, 2.24) is 4.90 Å². The van der Waals surface area contributed by atoms with Crippen LogP contribution in [0.5, 0.6) is 5.75 Å². The zero-order valence-electron chi connectivity index (χ0n) is 16.6. The molecule has 0 bridgehead atoms. The van der Waals surface area contributed by atoms with Gasteiger partial charge < -0.3 is 24.4 Å². The van der Waals surface area contributed by atoms with E-state index in [1.165, 1.54) is 0 Å². The van der Waals surface area contributed by atoms with Crippen LogP contribution in [-0.2, 0) is 14.3 Å². The van der Waals surface area contributed by atoms with Crippen molar-refractivity contribution >= 4 is 17.7 Å². The molecular formula is C20H30N2O5. The van der Waals surface area contributed by atoms with Gasteiger partial charge in [-0.3, -0.25) is 0 Å². The van der Waals surface area contributed by atoms with Crippen LogP contribution in [0.3, 0.4) is 0 Å². The maximum absolute atomic E-state index is 12.2. The Morgan fingerprint density at radius 2 is 1.85 bits per heavy atom. The summed E-state index contributed by atoms with van der Waals surface area (Å²) in [6, 6.07) is 7.72. The number of piperidine rings is 1. The summed E-state index contributed by atoms with van der Waals surface area (Å²) in [6.45, 7) is 8.85. The molecule has 1 saturated heterocycles. The fourth-order valence-corrected chi connectivity index (χ4v) is 2.80. The number of ether oxygens (including phenoxy) is 3. The largest absolute Gasteiger partial charge is 0.480 e. The van der Waals surface area contributed by atoms with Crippen molar-refractivity contribution in [2.24, 2.45) is 0 Å². The lowest BCUT2D eigenvalue weighted by Gasteiger charge is -2.34. The van der Waals surface area contributed by atoms with Crippen LogP contribution >= 0.6 is 0 Å². The number of rotatable bonds is 6. The predicted molar refractivity (Wildman–Crippen MR) is 103 cm³/mol. The molecule has 1 heterocycles. The Hall–Kier alpha value is -2.44. The quantitative estimate of drug-likeness (QED) is 0.764. The monoisotopic (exact) mass is 378 g/mol. The second-order valence-corrected chi connectivity index (χ2v) is 7.48. The highest BCUT2D eigenvalue weighted by Gasteiger charge is 2.27. The molecule has 150 valence electrons. The van der Waals surface area contributed by atoms with Gasteiger partial charge in [0.05, 0.1) is 12.3 Å². The first-order valence-electron chi connectivity index (χ1n) is 9.40. The van der Waals surface area contributed by atoms with Crippen LogP contribution in [0.25, 0.3) is 0 Å². The van der Waals surface area contributed by atoms with E-state index in [2.05, 4.69) is 5.32 Å². The molecule has 0 atom stereocenters. The fourth-order valence-electron chi connectivity index (χ4n) is 2.80. The number of para-hydroxylation sites is 2. The smallest absolute Gasteiger partial charge is 0.410 e. The van der Waals surface area contributed by atoms with E-state index in [-0.39, 0.29) is 18.7 Å². The average Bonchev–Trinajstić information content (AvgIpc) is 2.60. The van der Waals surface area contributed by atoms with Crippen molar-refractivity contribution in [2.75, 3.05) is 31.6 Å². The summed E-state index contributed by atoms with van der Waals surface area (Å²) in [7, 11) is 0. The van der Waals surface area contributed by atoms with Crippen molar-refractivity contribution in [3.8, 4) is 5.75 Å². The number of carbonyl (C=O) groups is 2. The molecule has 0 saturated carbocycles. The Labute approximate surface area is 161 Å². The minimum atomic E-state index is -0.485. The Bertz CT molecular complexity index is 634. The molecule has 1 aliphatic rings. The highest BCUT2D eigenvalue weighted by atomic mass is 16.6. The average molecular weight is 378 g/mol. The van der Waals surface area contributed by atoms with E-state index in [9.17, 15) is 9.59 Å². The fraction of sp³-hybridized carbons (Fsp3) is 0.600. The molecule has 27 heavy (non-hydrogen) atoms. The third-order valence-corrected chi connectivity index (χ3v) is 4.04. The molecule has 7 nitrogen and oxygen atoms in total. The molecule has 1 aromatic rings. The molecule has 1 fully saturated rings. The van der Waals surface area contributed by atoms with Gasteiger partial charge in [-0.1, -0.05) is 12.1 Å². The summed E-state index contributed by atoms with van der Waals surface area (Å²) in [5.41, 5.74) is 0.346. The molecule has 0 unspecified atom stereocenters. The second-order valence-electron chi connectivity index (χ2n) is 7.48. The van der Waals surface area contributed by atoms with Crippen molar-refractivity contribution in [3.05, 3.63) is 24.3 Å². The van der Waals surface area contributed by atoms with Crippen molar-refractivity contribution in [3.63, 3.8) is 0 Å². The SMILES string of the molecule is CCOC(=O)COc1ccccc1NC1CCN(C(=O)OC(C)(C)C)CC1. The van der Waals surface area contributed by atoms with E-state index in [4.69, 9.17) is 14.2 Å². The molecule has 1 amide bonds. The van der Waals surface area contributed by atoms with Crippen LogP contribution in [0.1, 0.15) is 40.5 Å². The Kier molecular flexibility index (Phi) is 7.33. The highest BCUT2D eigenvalue weighted by molar-refractivity contribution is 5.71. The molecule has 0 radical (unpaired) electrons. The topological polar surface area (TPSA) is 77.1 Å². The number of anilines is 1. The number of carbonyl (C=O) groups excluding carboxylic acids is 2. The number of hydrogen-bond acceptors (Lipinski definition) is 6. The first-order valence-corrected chi connectivity index (χ1v) is 9.40. The Morgan fingerprint density at radius 3 is 2.48 bits per heavy atom. The van der Waals surface area contributed by atoms with Crippen molar-refractivity contribution in [2.45, 2.75) is 52.2 Å². The minimum absolute atomic E-state index is 0.121. The molecule has 1 aliphatic heterocycles. The van der Waals surface area contributed by atoms with Gasteiger partial charge in [-0.2, -0.15) is 0 Å².